The highest BCUT2D eigenvalue weighted by Crippen LogP contribution is 2.30. The van der Waals surface area contributed by atoms with E-state index in [1.807, 2.05) is 61.6 Å². The van der Waals surface area contributed by atoms with E-state index < -0.39 is 0 Å². The van der Waals surface area contributed by atoms with E-state index in [0.29, 0.717) is 6.54 Å². The van der Waals surface area contributed by atoms with Gasteiger partial charge in [-0.3, -0.25) is 4.79 Å². The number of carbonyl (C=O) groups is 1. The normalized spacial score (nSPS) is 10.3. The molecule has 0 spiro atoms. The Labute approximate surface area is 160 Å². The van der Waals surface area contributed by atoms with Crippen LogP contribution in [0.5, 0.6) is 0 Å². The lowest BCUT2D eigenvalue weighted by atomic mass is 10.1. The molecule has 27 heavy (non-hydrogen) atoms. The molecule has 0 aliphatic heterocycles. The zero-order valence-corrected chi connectivity index (χ0v) is 15.8. The van der Waals surface area contributed by atoms with Gasteiger partial charge in [-0.1, -0.05) is 60.2 Å². The molecule has 3 aromatic carbocycles. The highest BCUT2D eigenvalue weighted by atomic mass is 16.1. The summed E-state index contributed by atoms with van der Waals surface area (Å²) in [7, 11) is 2.02. The predicted molar refractivity (Wildman–Crippen MR) is 112 cm³/mol. The van der Waals surface area contributed by atoms with Gasteiger partial charge in [-0.05, 0) is 36.8 Å². The quantitative estimate of drug-likeness (QED) is 0.653. The van der Waals surface area contributed by atoms with E-state index in [2.05, 4.69) is 46.7 Å². The van der Waals surface area contributed by atoms with Crippen molar-refractivity contribution in [2.75, 3.05) is 23.8 Å². The second-order valence-electron chi connectivity index (χ2n) is 6.53. The Kier molecular flexibility index (Phi) is 6.10. The zero-order chi connectivity index (χ0) is 19.1. The van der Waals surface area contributed by atoms with E-state index >= 15 is 0 Å². The number of para-hydroxylation sites is 3. The first kappa shape index (κ1) is 18.5. The largest absolute Gasteiger partial charge is 0.374 e. The minimum Gasteiger partial charge on any atom is -0.374 e. The molecule has 2 N–H and O–H groups in total. The number of carbonyl (C=O) groups excluding carboxylic acids is 1. The lowest BCUT2D eigenvalue weighted by Gasteiger charge is -2.23. The van der Waals surface area contributed by atoms with Crippen LogP contribution in [0.1, 0.15) is 11.1 Å². The van der Waals surface area contributed by atoms with Crippen molar-refractivity contribution < 1.29 is 4.79 Å². The van der Waals surface area contributed by atoms with Crippen molar-refractivity contribution in [3.05, 3.63) is 90.0 Å². The Morgan fingerprint density at radius 3 is 2.30 bits per heavy atom. The first-order valence-corrected chi connectivity index (χ1v) is 9.07. The van der Waals surface area contributed by atoms with Crippen LogP contribution in [0.4, 0.5) is 17.1 Å². The van der Waals surface area contributed by atoms with Crippen molar-refractivity contribution in [3.63, 3.8) is 0 Å². The minimum absolute atomic E-state index is 0.0345. The van der Waals surface area contributed by atoms with Gasteiger partial charge >= 0.3 is 0 Å². The lowest BCUT2D eigenvalue weighted by molar-refractivity contribution is -0.119. The van der Waals surface area contributed by atoms with Crippen molar-refractivity contribution >= 4 is 23.0 Å². The van der Waals surface area contributed by atoms with Crippen LogP contribution in [0, 0.1) is 6.92 Å². The van der Waals surface area contributed by atoms with Gasteiger partial charge in [0.15, 0.2) is 0 Å². The number of anilines is 3. The van der Waals surface area contributed by atoms with Crippen molar-refractivity contribution in [1.82, 2.24) is 5.32 Å². The number of nitrogens with zero attached hydrogens (tertiary/aromatic N) is 1. The third-order valence-electron chi connectivity index (χ3n) is 4.46. The Balaban J connectivity index is 1.59. The second-order valence-corrected chi connectivity index (χ2v) is 6.53. The Morgan fingerprint density at radius 2 is 1.56 bits per heavy atom. The van der Waals surface area contributed by atoms with Crippen LogP contribution in [0.3, 0.4) is 0 Å². The van der Waals surface area contributed by atoms with Gasteiger partial charge in [0, 0.05) is 19.3 Å². The molecule has 0 aromatic heterocycles. The average Bonchev–Trinajstić information content (AvgIpc) is 2.72. The summed E-state index contributed by atoms with van der Waals surface area (Å²) in [6.45, 7) is 2.81. The van der Waals surface area contributed by atoms with Crippen LogP contribution in [-0.4, -0.2) is 19.5 Å². The summed E-state index contributed by atoms with van der Waals surface area (Å²) in [5.74, 6) is -0.0345. The average molecular weight is 359 g/mol. The van der Waals surface area contributed by atoms with Gasteiger partial charge in [0.05, 0.1) is 17.9 Å². The topological polar surface area (TPSA) is 44.4 Å². The molecule has 138 valence electrons. The maximum atomic E-state index is 12.2. The molecule has 0 saturated carbocycles. The number of amides is 1. The molecule has 0 aliphatic carbocycles. The van der Waals surface area contributed by atoms with E-state index in [1.54, 1.807) is 0 Å². The molecule has 3 rings (SSSR count). The summed E-state index contributed by atoms with van der Waals surface area (Å²) >= 11 is 0. The van der Waals surface area contributed by atoms with Gasteiger partial charge in [-0.15, -0.1) is 0 Å². The Morgan fingerprint density at radius 1 is 0.889 bits per heavy atom. The fourth-order valence-electron chi connectivity index (χ4n) is 2.85. The van der Waals surface area contributed by atoms with E-state index in [4.69, 9.17) is 0 Å². The fourth-order valence-corrected chi connectivity index (χ4v) is 2.85. The molecule has 0 heterocycles. The minimum atomic E-state index is -0.0345. The van der Waals surface area contributed by atoms with Crippen LogP contribution in [0.2, 0.25) is 0 Å². The van der Waals surface area contributed by atoms with Crippen molar-refractivity contribution in [3.8, 4) is 0 Å². The van der Waals surface area contributed by atoms with Gasteiger partial charge in [0.1, 0.15) is 0 Å². The molecule has 0 saturated heterocycles. The summed E-state index contributed by atoms with van der Waals surface area (Å²) in [5.41, 5.74) is 5.35. The molecule has 3 aromatic rings. The summed E-state index contributed by atoms with van der Waals surface area (Å²) in [6.07, 6.45) is 0. The second kappa shape index (κ2) is 8.90. The summed E-state index contributed by atoms with van der Waals surface area (Å²) in [4.78, 5) is 14.3. The smallest absolute Gasteiger partial charge is 0.239 e. The summed E-state index contributed by atoms with van der Waals surface area (Å²) in [6, 6.07) is 26.3. The van der Waals surface area contributed by atoms with E-state index in [0.717, 1.165) is 22.6 Å². The molecule has 0 unspecified atom stereocenters. The molecule has 4 heteroatoms. The molecule has 0 radical (unpaired) electrons. The summed E-state index contributed by atoms with van der Waals surface area (Å²) in [5, 5.41) is 6.21. The first-order valence-electron chi connectivity index (χ1n) is 9.07. The van der Waals surface area contributed by atoms with E-state index in [9.17, 15) is 4.79 Å². The number of aryl methyl sites for hydroxylation is 1. The molecular weight excluding hydrogens is 334 g/mol. The van der Waals surface area contributed by atoms with Gasteiger partial charge < -0.3 is 15.5 Å². The number of hydrogen-bond acceptors (Lipinski definition) is 3. The van der Waals surface area contributed by atoms with Crippen LogP contribution in [0.25, 0.3) is 0 Å². The Hall–Kier alpha value is -3.27. The monoisotopic (exact) mass is 359 g/mol. The molecule has 1 amide bonds. The van der Waals surface area contributed by atoms with Crippen molar-refractivity contribution in [2.45, 2.75) is 13.5 Å². The maximum absolute atomic E-state index is 12.2. The van der Waals surface area contributed by atoms with Crippen LogP contribution in [0.15, 0.2) is 78.9 Å². The SMILES string of the molecule is Cc1ccc(CNC(=O)CNc2ccccc2N(C)c2ccccc2)cc1. The molecule has 4 nitrogen and oxygen atoms in total. The van der Waals surface area contributed by atoms with Gasteiger partial charge in [0.2, 0.25) is 5.91 Å². The fraction of sp³-hybridized carbons (Fsp3) is 0.174. The van der Waals surface area contributed by atoms with Crippen LogP contribution >= 0.6 is 0 Å². The summed E-state index contributed by atoms with van der Waals surface area (Å²) < 4.78 is 0. The van der Waals surface area contributed by atoms with Crippen LogP contribution < -0.4 is 15.5 Å². The number of hydrogen-bond donors (Lipinski definition) is 2. The van der Waals surface area contributed by atoms with Crippen LogP contribution in [-0.2, 0) is 11.3 Å². The predicted octanol–water partition coefficient (Wildman–Crippen LogP) is 4.49. The number of nitrogens with one attached hydrogen (secondary N) is 2. The third-order valence-corrected chi connectivity index (χ3v) is 4.46. The van der Waals surface area contributed by atoms with E-state index in [-0.39, 0.29) is 12.5 Å². The number of rotatable bonds is 7. The van der Waals surface area contributed by atoms with Crippen molar-refractivity contribution in [2.24, 2.45) is 0 Å². The highest BCUT2D eigenvalue weighted by Gasteiger charge is 2.09. The molecule has 0 fully saturated rings. The molecule has 0 aliphatic rings. The Bertz CT molecular complexity index is 876. The van der Waals surface area contributed by atoms with E-state index in [1.165, 1.54) is 5.56 Å². The highest BCUT2D eigenvalue weighted by molar-refractivity contribution is 5.83. The lowest BCUT2D eigenvalue weighted by Crippen LogP contribution is -2.29. The standard InChI is InChI=1S/C23H25N3O/c1-18-12-14-19(15-13-18)16-25-23(27)17-24-21-10-6-7-11-22(21)26(2)20-8-4-3-5-9-20/h3-15,24H,16-17H2,1-2H3,(H,25,27). The molecule has 0 atom stereocenters. The molecule has 0 bridgehead atoms. The van der Waals surface area contributed by atoms with Gasteiger partial charge in [-0.25, -0.2) is 0 Å². The van der Waals surface area contributed by atoms with Gasteiger partial charge in [-0.2, -0.15) is 0 Å². The van der Waals surface area contributed by atoms with Crippen molar-refractivity contribution in [1.29, 1.82) is 0 Å². The molecular formula is C23H25N3O. The number of benzene rings is 3. The maximum Gasteiger partial charge on any atom is 0.239 e. The zero-order valence-electron chi connectivity index (χ0n) is 15.8. The first-order chi connectivity index (χ1) is 13.1. The third kappa shape index (κ3) is 5.11. The van der Waals surface area contributed by atoms with Gasteiger partial charge in [0.25, 0.3) is 0 Å².